The number of hydrogen-bond acceptors (Lipinski definition) is 5. The molecule has 3 aromatic rings. The Hall–Kier alpha value is -2.86. The number of halogens is 7. The predicted molar refractivity (Wildman–Crippen MR) is 134 cm³/mol. The van der Waals surface area contributed by atoms with E-state index in [1.807, 2.05) is 28.5 Å². The Morgan fingerprint density at radius 1 is 1.00 bits per heavy atom. The zero-order valence-electron chi connectivity index (χ0n) is 21.4. The number of anilines is 1. The van der Waals surface area contributed by atoms with Gasteiger partial charge in [-0.2, -0.15) is 17.6 Å². The second kappa shape index (κ2) is 8.34. The van der Waals surface area contributed by atoms with Gasteiger partial charge in [-0.3, -0.25) is 9.47 Å². The van der Waals surface area contributed by atoms with Gasteiger partial charge in [0.2, 0.25) is 5.95 Å². The van der Waals surface area contributed by atoms with Crippen LogP contribution in [-0.2, 0) is 19.3 Å². The fourth-order valence-electron chi connectivity index (χ4n) is 7.12. The van der Waals surface area contributed by atoms with Gasteiger partial charge in [0, 0.05) is 54.4 Å². The van der Waals surface area contributed by atoms with Crippen LogP contribution in [0, 0.1) is 11.4 Å². The van der Waals surface area contributed by atoms with Gasteiger partial charge in [-0.15, -0.1) is 10.2 Å². The number of alkyl halides is 5. The number of pyridine rings is 1. The summed E-state index contributed by atoms with van der Waals surface area (Å²) < 4.78 is 82.5. The maximum Gasteiger partial charge on any atom is 0.420 e. The van der Waals surface area contributed by atoms with Crippen molar-refractivity contribution in [2.75, 3.05) is 18.0 Å². The van der Waals surface area contributed by atoms with Crippen LogP contribution in [0.25, 0.3) is 5.69 Å². The predicted octanol–water partition coefficient (Wildman–Crippen LogP) is 6.36. The number of aromatic nitrogens is 4. The van der Waals surface area contributed by atoms with E-state index >= 15 is 0 Å². The number of nitrogens with zero attached hydrogens (tertiary/aromatic N) is 6. The number of hydrogen-bond donors (Lipinski definition) is 0. The molecule has 1 aromatic carbocycles. The molecule has 0 bridgehead atoms. The molecule has 0 radical (unpaired) electrons. The first kappa shape index (κ1) is 26.1. The molecule has 1 saturated heterocycles. The molecule has 2 aromatic heterocycles. The SMILES string of the molecule is CC1(N2Cc3cc(Cl)ccc3-n3c(nnc3C3CC4(C3)CN(c3ccc(C(F)(F)F)c(F)n3)C4)C2)CC(F)(F)C1. The Kier molecular flexibility index (Phi) is 5.44. The lowest BCUT2D eigenvalue weighted by Crippen LogP contribution is -2.62. The van der Waals surface area contributed by atoms with Crippen LogP contribution in [0.3, 0.4) is 0 Å². The van der Waals surface area contributed by atoms with Crippen LogP contribution in [0.5, 0.6) is 0 Å². The minimum atomic E-state index is -4.79. The first-order valence-electron chi connectivity index (χ1n) is 13.1. The molecular weight excluding hydrogens is 558 g/mol. The van der Waals surface area contributed by atoms with Gasteiger partial charge in [-0.05, 0) is 55.7 Å². The third-order valence-corrected chi connectivity index (χ3v) is 9.25. The molecule has 2 aliphatic carbocycles. The number of rotatable bonds is 3. The Morgan fingerprint density at radius 2 is 1.73 bits per heavy atom. The Morgan fingerprint density at radius 3 is 2.38 bits per heavy atom. The molecule has 3 fully saturated rings. The Balaban J connectivity index is 1.10. The molecule has 2 saturated carbocycles. The zero-order chi connectivity index (χ0) is 28.2. The molecular formula is C27H25ClF6N6. The molecule has 7 rings (SSSR count). The van der Waals surface area contributed by atoms with Crippen molar-refractivity contribution >= 4 is 17.4 Å². The van der Waals surface area contributed by atoms with Gasteiger partial charge in [0.1, 0.15) is 17.2 Å². The number of benzene rings is 1. The maximum atomic E-state index is 14.0. The van der Waals surface area contributed by atoms with Gasteiger partial charge < -0.3 is 4.90 Å². The Labute approximate surface area is 230 Å². The topological polar surface area (TPSA) is 50.1 Å². The second-order valence-corrected chi connectivity index (χ2v) is 12.5. The van der Waals surface area contributed by atoms with Crippen LogP contribution < -0.4 is 4.90 Å². The molecule has 13 heteroatoms. The molecule has 0 atom stereocenters. The second-order valence-electron chi connectivity index (χ2n) is 12.1. The van der Waals surface area contributed by atoms with E-state index in [-0.39, 0.29) is 30.0 Å². The molecule has 2 aliphatic heterocycles. The fourth-order valence-corrected chi connectivity index (χ4v) is 7.32. The monoisotopic (exact) mass is 582 g/mol. The highest BCUT2D eigenvalue weighted by atomic mass is 35.5. The van der Waals surface area contributed by atoms with Gasteiger partial charge >= 0.3 is 6.18 Å². The van der Waals surface area contributed by atoms with Gasteiger partial charge in [0.25, 0.3) is 5.92 Å². The van der Waals surface area contributed by atoms with Gasteiger partial charge in [-0.1, -0.05) is 11.6 Å². The van der Waals surface area contributed by atoms with E-state index in [4.69, 9.17) is 11.6 Å². The van der Waals surface area contributed by atoms with Gasteiger partial charge in [-0.25, -0.2) is 13.8 Å². The molecule has 0 N–H and O–H groups in total. The minimum Gasteiger partial charge on any atom is -0.355 e. The summed E-state index contributed by atoms with van der Waals surface area (Å²) in [6, 6.07) is 7.52. The molecule has 212 valence electrons. The lowest BCUT2D eigenvalue weighted by Gasteiger charge is -2.59. The molecule has 1 spiro atoms. The van der Waals surface area contributed by atoms with Crippen LogP contribution in [0.15, 0.2) is 30.3 Å². The molecule has 0 amide bonds. The van der Waals surface area contributed by atoms with E-state index in [2.05, 4.69) is 15.2 Å². The van der Waals surface area contributed by atoms with E-state index in [0.29, 0.717) is 37.0 Å². The van der Waals surface area contributed by atoms with Crippen LogP contribution in [0.1, 0.15) is 61.3 Å². The summed E-state index contributed by atoms with van der Waals surface area (Å²) >= 11 is 6.33. The summed E-state index contributed by atoms with van der Waals surface area (Å²) in [5, 5.41) is 9.59. The van der Waals surface area contributed by atoms with Crippen molar-refractivity contribution in [1.29, 1.82) is 0 Å². The number of fused-ring (bicyclic) bond motifs is 3. The highest BCUT2D eigenvalue weighted by molar-refractivity contribution is 6.30. The summed E-state index contributed by atoms with van der Waals surface area (Å²) in [5.74, 6) is -2.41. The van der Waals surface area contributed by atoms with Gasteiger partial charge in [0.15, 0.2) is 5.82 Å². The van der Waals surface area contributed by atoms with Crippen LogP contribution in [0.2, 0.25) is 5.02 Å². The summed E-state index contributed by atoms with van der Waals surface area (Å²) in [6.07, 6.45) is -3.62. The molecule has 40 heavy (non-hydrogen) atoms. The summed E-state index contributed by atoms with van der Waals surface area (Å²) in [5.41, 5.74) is -0.280. The van der Waals surface area contributed by atoms with E-state index in [9.17, 15) is 26.3 Å². The third-order valence-electron chi connectivity index (χ3n) is 9.01. The molecule has 6 nitrogen and oxygen atoms in total. The zero-order valence-corrected chi connectivity index (χ0v) is 22.2. The third kappa shape index (κ3) is 4.08. The van der Waals surface area contributed by atoms with Crippen molar-refractivity contribution in [3.63, 3.8) is 0 Å². The van der Waals surface area contributed by atoms with Crippen LogP contribution >= 0.6 is 11.6 Å². The summed E-state index contributed by atoms with van der Waals surface area (Å²) in [4.78, 5) is 7.38. The average Bonchev–Trinajstić information content (AvgIpc) is 3.10. The van der Waals surface area contributed by atoms with Crippen LogP contribution in [-0.4, -0.2) is 49.2 Å². The van der Waals surface area contributed by atoms with E-state index in [1.54, 1.807) is 11.0 Å². The minimum absolute atomic E-state index is 0.0531. The summed E-state index contributed by atoms with van der Waals surface area (Å²) in [6.45, 7) is 3.83. The van der Waals surface area contributed by atoms with Crippen molar-refractivity contribution < 1.29 is 26.3 Å². The average molecular weight is 583 g/mol. The smallest absolute Gasteiger partial charge is 0.355 e. The highest BCUT2D eigenvalue weighted by Crippen LogP contribution is 2.57. The van der Waals surface area contributed by atoms with Gasteiger partial charge in [0.05, 0.1) is 12.2 Å². The van der Waals surface area contributed by atoms with E-state index < -0.39 is 29.1 Å². The molecule has 0 unspecified atom stereocenters. The normalized spacial score (nSPS) is 23.1. The highest BCUT2D eigenvalue weighted by Gasteiger charge is 2.58. The van der Waals surface area contributed by atoms with E-state index in [1.165, 1.54) is 6.07 Å². The fraction of sp³-hybridized carbons (Fsp3) is 0.519. The largest absolute Gasteiger partial charge is 0.420 e. The molecule has 4 aliphatic rings. The van der Waals surface area contributed by atoms with Crippen molar-refractivity contribution in [2.45, 2.75) is 69.3 Å². The van der Waals surface area contributed by atoms with E-state index in [0.717, 1.165) is 36.0 Å². The van der Waals surface area contributed by atoms with Crippen molar-refractivity contribution in [3.8, 4) is 5.69 Å². The summed E-state index contributed by atoms with van der Waals surface area (Å²) in [7, 11) is 0. The maximum absolute atomic E-state index is 14.0. The standard InChI is InChI=1S/C27H25ClF6N6/c1-24(11-26(30,31)12-24)39-9-15-6-17(28)2-4-19(15)40-21(10-39)36-37-23(40)16-7-25(8-16)13-38(14-25)20-5-3-18(22(29)35-20)27(32,33)34/h2-6,16H,7-14H2,1H3. The van der Waals surface area contributed by atoms with Crippen molar-refractivity contribution in [1.82, 2.24) is 24.6 Å². The van der Waals surface area contributed by atoms with Crippen molar-refractivity contribution in [2.24, 2.45) is 5.41 Å². The lowest BCUT2D eigenvalue weighted by atomic mass is 9.57. The Bertz CT molecular complexity index is 1500. The quantitative estimate of drug-likeness (QED) is 0.266. The van der Waals surface area contributed by atoms with Crippen molar-refractivity contribution in [3.05, 3.63) is 64.1 Å². The first-order chi connectivity index (χ1) is 18.7. The van der Waals surface area contributed by atoms with Crippen LogP contribution in [0.4, 0.5) is 32.2 Å². The first-order valence-corrected chi connectivity index (χ1v) is 13.5. The molecule has 4 heterocycles. The lowest BCUT2D eigenvalue weighted by molar-refractivity contribution is -0.173.